The van der Waals surface area contributed by atoms with Crippen LogP contribution in [0.4, 0.5) is 0 Å². The zero-order valence-corrected chi connectivity index (χ0v) is 13.5. The predicted octanol–water partition coefficient (Wildman–Crippen LogP) is 3.75. The van der Waals surface area contributed by atoms with Crippen LogP contribution in [0, 0.1) is 0 Å². The number of carbonyl (C=O) groups excluding carboxylic acids is 1. The van der Waals surface area contributed by atoms with Gasteiger partial charge in [0.15, 0.2) is 0 Å². The lowest BCUT2D eigenvalue weighted by Crippen LogP contribution is -2.34. The number of carbonyl (C=O) groups is 1. The molecule has 1 unspecified atom stereocenters. The number of rotatable bonds is 13. The number of hydrogen-bond donors (Lipinski definition) is 1. The third kappa shape index (κ3) is 12.6. The maximum absolute atomic E-state index is 11.3. The maximum atomic E-state index is 11.3. The van der Waals surface area contributed by atoms with E-state index >= 15 is 0 Å². The van der Waals surface area contributed by atoms with Crippen LogP contribution in [0.3, 0.4) is 0 Å². The first-order valence-electron chi connectivity index (χ1n) is 7.72. The molecule has 114 valence electrons. The minimum absolute atomic E-state index is 0.272. The van der Waals surface area contributed by atoms with Crippen molar-refractivity contribution in [1.82, 2.24) is 0 Å². The summed E-state index contributed by atoms with van der Waals surface area (Å²) in [5.74, 6) is 1.50. The summed E-state index contributed by atoms with van der Waals surface area (Å²) in [4.78, 5) is 11.3. The Labute approximate surface area is 123 Å². The lowest BCUT2D eigenvalue weighted by molar-refractivity contribution is -0.144. The topological polar surface area (TPSA) is 52.3 Å². The molecule has 1 atom stereocenters. The first kappa shape index (κ1) is 18.8. The van der Waals surface area contributed by atoms with E-state index in [9.17, 15) is 4.79 Å². The van der Waals surface area contributed by atoms with Crippen LogP contribution in [-0.4, -0.2) is 30.1 Å². The number of nitrogens with two attached hydrogens (primary N) is 1. The van der Waals surface area contributed by atoms with Gasteiger partial charge in [-0.05, 0) is 19.1 Å². The summed E-state index contributed by atoms with van der Waals surface area (Å²) < 4.78 is 4.87. The third-order valence-corrected chi connectivity index (χ3v) is 4.20. The Morgan fingerprint density at radius 2 is 1.63 bits per heavy atom. The van der Waals surface area contributed by atoms with Gasteiger partial charge < -0.3 is 10.5 Å². The molecule has 0 saturated heterocycles. The van der Waals surface area contributed by atoms with Gasteiger partial charge in [-0.1, -0.05) is 51.9 Å². The van der Waals surface area contributed by atoms with Crippen LogP contribution in [0.2, 0.25) is 0 Å². The second-order valence-electron chi connectivity index (χ2n) is 4.91. The van der Waals surface area contributed by atoms with Gasteiger partial charge in [-0.3, -0.25) is 4.79 Å². The molecule has 0 saturated carbocycles. The molecule has 0 spiro atoms. The summed E-state index contributed by atoms with van der Waals surface area (Å²) in [6.07, 6.45) is 10.7. The third-order valence-electron chi connectivity index (χ3n) is 3.03. The summed E-state index contributed by atoms with van der Waals surface area (Å²) in [7, 11) is 0. The summed E-state index contributed by atoms with van der Waals surface area (Å²) in [5, 5.41) is 0. The molecule has 0 heterocycles. The van der Waals surface area contributed by atoms with E-state index in [4.69, 9.17) is 10.5 Å². The van der Waals surface area contributed by atoms with Crippen LogP contribution < -0.4 is 5.73 Å². The molecule has 0 aliphatic heterocycles. The fourth-order valence-corrected chi connectivity index (χ4v) is 2.83. The van der Waals surface area contributed by atoms with E-state index in [0.29, 0.717) is 12.4 Å². The molecule has 0 aromatic carbocycles. The summed E-state index contributed by atoms with van der Waals surface area (Å²) in [5.41, 5.74) is 5.72. The van der Waals surface area contributed by atoms with E-state index < -0.39 is 6.04 Å². The minimum atomic E-state index is -0.459. The van der Waals surface area contributed by atoms with Gasteiger partial charge in [0.1, 0.15) is 6.04 Å². The van der Waals surface area contributed by atoms with Gasteiger partial charge >= 0.3 is 5.97 Å². The van der Waals surface area contributed by atoms with Gasteiger partial charge in [-0.15, -0.1) is 0 Å². The first-order chi connectivity index (χ1) is 9.22. The average molecular weight is 289 g/mol. The predicted molar refractivity (Wildman–Crippen MR) is 84.5 cm³/mol. The summed E-state index contributed by atoms with van der Waals surface area (Å²) in [6.45, 7) is 4.46. The smallest absolute Gasteiger partial charge is 0.323 e. The highest BCUT2D eigenvalue weighted by Gasteiger charge is 2.13. The molecular weight excluding hydrogens is 258 g/mol. The maximum Gasteiger partial charge on any atom is 0.323 e. The highest BCUT2D eigenvalue weighted by molar-refractivity contribution is 7.99. The zero-order valence-electron chi connectivity index (χ0n) is 12.7. The molecule has 0 aromatic heterocycles. The lowest BCUT2D eigenvalue weighted by Gasteiger charge is -2.09. The molecule has 3 nitrogen and oxygen atoms in total. The van der Waals surface area contributed by atoms with Crippen LogP contribution >= 0.6 is 11.8 Å². The molecule has 0 fully saturated rings. The number of hydrogen-bond acceptors (Lipinski definition) is 4. The van der Waals surface area contributed by atoms with Crippen LogP contribution in [-0.2, 0) is 9.53 Å². The van der Waals surface area contributed by atoms with Gasteiger partial charge in [-0.2, -0.15) is 11.8 Å². The molecule has 0 radical (unpaired) electrons. The van der Waals surface area contributed by atoms with Gasteiger partial charge in [0.2, 0.25) is 0 Å². The lowest BCUT2D eigenvalue weighted by atomic mass is 10.1. The highest BCUT2D eigenvalue weighted by atomic mass is 32.2. The standard InChI is InChI=1S/C15H31NO2S/c1-3-5-6-7-8-9-10-11-12-19-13-14(16)15(17)18-4-2/h14H,3-13,16H2,1-2H3. The Bertz CT molecular complexity index is 212. The molecule has 0 aromatic rings. The van der Waals surface area contributed by atoms with Crippen molar-refractivity contribution in [3.8, 4) is 0 Å². The van der Waals surface area contributed by atoms with E-state index in [1.165, 1.54) is 51.4 Å². The molecule has 2 N–H and O–H groups in total. The quantitative estimate of drug-likeness (QED) is 0.414. The first-order valence-corrected chi connectivity index (χ1v) is 8.87. The SMILES string of the molecule is CCCCCCCCCCSCC(N)C(=O)OCC. The number of esters is 1. The van der Waals surface area contributed by atoms with Crippen molar-refractivity contribution in [1.29, 1.82) is 0 Å². The van der Waals surface area contributed by atoms with E-state index in [1.54, 1.807) is 18.7 Å². The van der Waals surface area contributed by atoms with Crippen molar-refractivity contribution in [3.05, 3.63) is 0 Å². The molecule has 19 heavy (non-hydrogen) atoms. The van der Waals surface area contributed by atoms with Crippen molar-refractivity contribution >= 4 is 17.7 Å². The van der Waals surface area contributed by atoms with Crippen LogP contribution in [0.1, 0.15) is 65.2 Å². The van der Waals surface area contributed by atoms with Gasteiger partial charge in [0.05, 0.1) is 6.61 Å². The van der Waals surface area contributed by atoms with Crippen LogP contribution in [0.15, 0.2) is 0 Å². The molecule has 0 rings (SSSR count). The molecule has 0 amide bonds. The van der Waals surface area contributed by atoms with Crippen molar-refractivity contribution in [2.45, 2.75) is 71.3 Å². The Morgan fingerprint density at radius 1 is 1.05 bits per heavy atom. The average Bonchev–Trinajstić information content (AvgIpc) is 2.41. The summed E-state index contributed by atoms with van der Waals surface area (Å²) in [6, 6.07) is -0.459. The van der Waals surface area contributed by atoms with Gasteiger partial charge in [0.25, 0.3) is 0 Å². The van der Waals surface area contributed by atoms with Crippen LogP contribution in [0.25, 0.3) is 0 Å². The highest BCUT2D eigenvalue weighted by Crippen LogP contribution is 2.11. The second-order valence-corrected chi connectivity index (χ2v) is 6.06. The number of unbranched alkanes of at least 4 members (excludes halogenated alkanes) is 7. The van der Waals surface area contributed by atoms with Crippen molar-refractivity contribution in [3.63, 3.8) is 0 Å². The van der Waals surface area contributed by atoms with Gasteiger partial charge in [0, 0.05) is 5.75 Å². The number of ether oxygens (including phenoxy) is 1. The van der Waals surface area contributed by atoms with Crippen molar-refractivity contribution < 1.29 is 9.53 Å². The Hall–Kier alpha value is -0.220. The molecule has 0 bridgehead atoms. The number of thioether (sulfide) groups is 1. The van der Waals surface area contributed by atoms with Crippen molar-refractivity contribution in [2.24, 2.45) is 5.73 Å². The second kappa shape index (κ2) is 14.2. The Kier molecular flexibility index (Phi) is 14.0. The van der Waals surface area contributed by atoms with E-state index in [2.05, 4.69) is 6.92 Å². The zero-order chi connectivity index (χ0) is 14.3. The monoisotopic (exact) mass is 289 g/mol. The Balaban J connectivity index is 3.20. The summed E-state index contributed by atoms with van der Waals surface area (Å²) >= 11 is 1.76. The largest absolute Gasteiger partial charge is 0.465 e. The fourth-order valence-electron chi connectivity index (χ4n) is 1.87. The van der Waals surface area contributed by atoms with E-state index in [1.807, 2.05) is 0 Å². The van der Waals surface area contributed by atoms with Crippen molar-refractivity contribution in [2.75, 3.05) is 18.1 Å². The fraction of sp³-hybridized carbons (Fsp3) is 0.933. The molecule has 0 aliphatic rings. The molecular formula is C15H31NO2S. The minimum Gasteiger partial charge on any atom is -0.465 e. The van der Waals surface area contributed by atoms with Gasteiger partial charge in [-0.25, -0.2) is 0 Å². The normalized spacial score (nSPS) is 12.4. The molecule has 0 aliphatic carbocycles. The van der Waals surface area contributed by atoms with Crippen LogP contribution in [0.5, 0.6) is 0 Å². The van der Waals surface area contributed by atoms with E-state index in [0.717, 1.165) is 5.75 Å². The Morgan fingerprint density at radius 3 is 2.21 bits per heavy atom. The molecule has 4 heteroatoms. The van der Waals surface area contributed by atoms with E-state index in [-0.39, 0.29) is 5.97 Å².